The number of aliphatic hydroxyl groups excluding tert-OH is 1. The van der Waals surface area contributed by atoms with Crippen molar-refractivity contribution >= 4 is 57.8 Å². The highest BCUT2D eigenvalue weighted by atomic mass is 35.5. The highest BCUT2D eigenvalue weighted by molar-refractivity contribution is 8.00. The Bertz CT molecular complexity index is 1420. The van der Waals surface area contributed by atoms with Crippen LogP contribution in [-0.4, -0.2) is 82.6 Å². The van der Waals surface area contributed by atoms with Crippen molar-refractivity contribution in [2.75, 3.05) is 48.6 Å². The minimum absolute atomic E-state index is 0.0388. The number of carbonyl (C=O) groups excluding carboxylic acids is 2. The molecule has 0 radical (unpaired) electrons. The first-order chi connectivity index (χ1) is 19.3. The summed E-state index contributed by atoms with van der Waals surface area (Å²) in [7, 11) is 1.49. The minimum atomic E-state index is -0.803. The molecule has 4 heterocycles. The van der Waals surface area contributed by atoms with Crippen LogP contribution in [0.3, 0.4) is 0 Å². The molecule has 0 saturated carbocycles. The number of alkyl halides is 1. The number of fused-ring (bicyclic) bond motifs is 2. The van der Waals surface area contributed by atoms with Crippen LogP contribution >= 0.6 is 23.4 Å². The van der Waals surface area contributed by atoms with Crippen LogP contribution in [0.1, 0.15) is 18.4 Å². The number of aliphatic hydroxyl groups is 1. The predicted octanol–water partition coefficient (Wildman–Crippen LogP) is 4.03. The lowest BCUT2D eigenvalue weighted by Gasteiger charge is -2.25. The average Bonchev–Trinajstić information content (AvgIpc) is 3.33. The molecule has 0 aliphatic carbocycles. The molecule has 0 bridgehead atoms. The average molecular weight is 590 g/mol. The summed E-state index contributed by atoms with van der Waals surface area (Å²) >= 11 is 7.33. The second kappa shape index (κ2) is 12.5. The molecule has 2 aliphatic heterocycles. The molecule has 13 heteroatoms. The van der Waals surface area contributed by atoms with Crippen molar-refractivity contribution in [1.29, 1.82) is 0 Å². The Morgan fingerprint density at radius 1 is 1.35 bits per heavy atom. The first-order valence-electron chi connectivity index (χ1n) is 12.8. The zero-order chi connectivity index (χ0) is 28.2. The van der Waals surface area contributed by atoms with Gasteiger partial charge in [0.1, 0.15) is 17.4 Å². The van der Waals surface area contributed by atoms with E-state index < -0.39 is 18.0 Å². The Morgan fingerprint density at radius 2 is 2.20 bits per heavy atom. The molecular formula is C27H29ClFN5O5S. The summed E-state index contributed by atoms with van der Waals surface area (Å²) in [6, 6.07) is 8.91. The number of ether oxygens (including phenoxy) is 2. The van der Waals surface area contributed by atoms with E-state index in [9.17, 15) is 19.1 Å². The van der Waals surface area contributed by atoms with Gasteiger partial charge in [0.15, 0.2) is 0 Å². The van der Waals surface area contributed by atoms with Gasteiger partial charge in [0, 0.05) is 41.2 Å². The smallest absolute Gasteiger partial charge is 0.414 e. The number of nitrogens with one attached hydrogen (secondary N) is 1. The van der Waals surface area contributed by atoms with Crippen molar-refractivity contribution in [3.8, 4) is 5.88 Å². The fraction of sp³-hybridized carbons (Fsp3) is 0.407. The van der Waals surface area contributed by atoms with Gasteiger partial charge < -0.3 is 19.9 Å². The molecule has 212 valence electrons. The SMILES string of the molecule is COc1ccc2ncc(F)c(CN(CCC[C@H]3CN(c4ccc5c(c4)NC(=O)CS5)C(=O)O3)C[C@@H](O)CCl)c2n1. The number of nitrogens with zero attached hydrogens (tertiary/aromatic N) is 4. The van der Waals surface area contributed by atoms with Gasteiger partial charge in [-0.15, -0.1) is 23.4 Å². The van der Waals surface area contributed by atoms with E-state index in [1.165, 1.54) is 25.1 Å². The summed E-state index contributed by atoms with van der Waals surface area (Å²) in [6.07, 6.45) is 0.774. The number of amides is 2. The van der Waals surface area contributed by atoms with E-state index in [4.69, 9.17) is 21.1 Å². The first-order valence-corrected chi connectivity index (χ1v) is 14.4. The third kappa shape index (κ3) is 6.41. The minimum Gasteiger partial charge on any atom is -0.481 e. The Hall–Kier alpha value is -3.19. The fourth-order valence-corrected chi connectivity index (χ4v) is 5.70. The van der Waals surface area contributed by atoms with E-state index in [2.05, 4.69) is 15.3 Å². The number of methoxy groups -OCH3 is 1. The number of carbonyl (C=O) groups is 2. The maximum Gasteiger partial charge on any atom is 0.414 e. The molecule has 0 spiro atoms. The number of anilines is 2. The Morgan fingerprint density at radius 3 is 3.00 bits per heavy atom. The summed E-state index contributed by atoms with van der Waals surface area (Å²) in [4.78, 5) is 37.4. The summed E-state index contributed by atoms with van der Waals surface area (Å²) < 4.78 is 25.8. The molecule has 1 aromatic carbocycles. The van der Waals surface area contributed by atoms with Gasteiger partial charge in [-0.2, -0.15) is 0 Å². The zero-order valence-electron chi connectivity index (χ0n) is 21.8. The molecule has 2 atom stereocenters. The van der Waals surface area contributed by atoms with Gasteiger partial charge in [-0.1, -0.05) is 0 Å². The third-order valence-corrected chi connectivity index (χ3v) is 8.19. The van der Waals surface area contributed by atoms with E-state index >= 15 is 0 Å². The van der Waals surface area contributed by atoms with Crippen molar-refractivity contribution in [3.05, 3.63) is 47.9 Å². The quantitative estimate of drug-likeness (QED) is 0.320. The lowest BCUT2D eigenvalue weighted by Crippen LogP contribution is -2.34. The molecular weight excluding hydrogens is 561 g/mol. The molecule has 1 saturated heterocycles. The summed E-state index contributed by atoms with van der Waals surface area (Å²) in [5, 5.41) is 13.1. The molecule has 1 fully saturated rings. The van der Waals surface area contributed by atoms with E-state index in [0.29, 0.717) is 65.5 Å². The van der Waals surface area contributed by atoms with Gasteiger partial charge in [0.25, 0.3) is 0 Å². The largest absolute Gasteiger partial charge is 0.481 e. The maximum absolute atomic E-state index is 14.9. The fourth-order valence-electron chi connectivity index (χ4n) is 4.81. The molecule has 40 heavy (non-hydrogen) atoms. The number of benzene rings is 1. The van der Waals surface area contributed by atoms with Crippen LogP contribution in [-0.2, 0) is 16.1 Å². The third-order valence-electron chi connectivity index (χ3n) is 6.76. The second-order valence-electron chi connectivity index (χ2n) is 9.63. The van der Waals surface area contributed by atoms with Gasteiger partial charge >= 0.3 is 6.09 Å². The zero-order valence-corrected chi connectivity index (χ0v) is 23.4. The number of halogens is 2. The van der Waals surface area contributed by atoms with E-state index in [1.807, 2.05) is 17.0 Å². The molecule has 3 aromatic rings. The van der Waals surface area contributed by atoms with Gasteiger partial charge in [-0.3, -0.25) is 19.6 Å². The number of rotatable bonds is 11. The van der Waals surface area contributed by atoms with Crippen LogP contribution < -0.4 is 15.0 Å². The van der Waals surface area contributed by atoms with Crippen LogP contribution in [0.15, 0.2) is 41.4 Å². The number of thioether (sulfide) groups is 1. The number of hydrogen-bond donors (Lipinski definition) is 2. The highest BCUT2D eigenvalue weighted by Crippen LogP contribution is 2.35. The second-order valence-corrected chi connectivity index (χ2v) is 11.0. The predicted molar refractivity (Wildman–Crippen MR) is 151 cm³/mol. The summed E-state index contributed by atoms with van der Waals surface area (Å²) in [5.41, 5.74) is 2.62. The van der Waals surface area contributed by atoms with Gasteiger partial charge in [-0.25, -0.2) is 14.2 Å². The number of pyridine rings is 2. The molecule has 2 N–H and O–H groups in total. The lowest BCUT2D eigenvalue weighted by molar-refractivity contribution is -0.113. The molecule has 2 amide bonds. The van der Waals surface area contributed by atoms with Crippen molar-refractivity contribution < 1.29 is 28.6 Å². The van der Waals surface area contributed by atoms with E-state index in [0.717, 1.165) is 4.90 Å². The van der Waals surface area contributed by atoms with E-state index in [1.54, 1.807) is 23.1 Å². The summed E-state index contributed by atoms with van der Waals surface area (Å²) in [5.74, 6) is 0.181. The standard InChI is InChI=1S/C27H29ClFN5O5S/c1-38-25-7-5-21-26(32-25)19(20(29)11-30-21)14-33(12-17(35)10-28)8-2-3-18-13-34(27(37)39-18)16-4-6-23-22(9-16)31-24(36)15-40-23/h4-7,9,11,17-18,35H,2-3,8,10,12-15H2,1H3,(H,31,36)/t17-,18-/m0/s1. The maximum atomic E-state index is 14.9. The molecule has 0 unspecified atom stereocenters. The van der Waals surface area contributed by atoms with Crippen molar-refractivity contribution in [2.45, 2.75) is 36.5 Å². The van der Waals surface area contributed by atoms with Crippen molar-refractivity contribution in [1.82, 2.24) is 14.9 Å². The van der Waals surface area contributed by atoms with Crippen LogP contribution in [0.5, 0.6) is 5.88 Å². The Labute approximate surface area is 239 Å². The Balaban J connectivity index is 1.24. The van der Waals surface area contributed by atoms with Crippen LogP contribution in [0.2, 0.25) is 0 Å². The van der Waals surface area contributed by atoms with Crippen molar-refractivity contribution in [3.63, 3.8) is 0 Å². The van der Waals surface area contributed by atoms with Crippen LogP contribution in [0, 0.1) is 5.82 Å². The highest BCUT2D eigenvalue weighted by Gasteiger charge is 2.33. The molecule has 5 rings (SSSR count). The number of hydrogen-bond acceptors (Lipinski definition) is 9. The van der Waals surface area contributed by atoms with Gasteiger partial charge in [0.2, 0.25) is 11.8 Å². The normalized spacial score (nSPS) is 17.6. The molecule has 2 aromatic heterocycles. The Kier molecular flexibility index (Phi) is 8.89. The van der Waals surface area contributed by atoms with Crippen LogP contribution in [0.25, 0.3) is 11.0 Å². The lowest BCUT2D eigenvalue weighted by atomic mass is 10.1. The van der Waals surface area contributed by atoms with Gasteiger partial charge in [-0.05, 0) is 43.7 Å². The first kappa shape index (κ1) is 28.3. The topological polar surface area (TPSA) is 117 Å². The molecule has 10 nitrogen and oxygen atoms in total. The monoisotopic (exact) mass is 589 g/mol. The molecule has 2 aliphatic rings. The summed E-state index contributed by atoms with van der Waals surface area (Å²) in [6.45, 7) is 1.27. The van der Waals surface area contributed by atoms with Gasteiger partial charge in [0.05, 0.1) is 42.9 Å². The number of aromatic nitrogens is 2. The van der Waals surface area contributed by atoms with Crippen molar-refractivity contribution in [2.24, 2.45) is 0 Å². The van der Waals surface area contributed by atoms with E-state index in [-0.39, 0.29) is 31.0 Å². The van der Waals surface area contributed by atoms with Crippen LogP contribution in [0.4, 0.5) is 20.6 Å². The number of cyclic esters (lactones) is 1.